The lowest BCUT2D eigenvalue weighted by molar-refractivity contribution is 0.569. The number of pyridine rings is 1. The molecule has 2 heterocycles. The van der Waals surface area contributed by atoms with Crippen LogP contribution >= 0.6 is 0 Å². The van der Waals surface area contributed by atoms with Crippen LogP contribution in [0.15, 0.2) is 46.5 Å². The van der Waals surface area contributed by atoms with Gasteiger partial charge in [0, 0.05) is 22.8 Å². The van der Waals surface area contributed by atoms with Crippen molar-refractivity contribution in [2.45, 2.75) is 24.0 Å². The van der Waals surface area contributed by atoms with Crippen molar-refractivity contribution in [3.63, 3.8) is 0 Å². The quantitative estimate of drug-likeness (QED) is 0.520. The SMILES string of the molecule is C[S+]([O-])c1ncc2cc(C#N)c(=O)n(C3CCc4ccccc43)c2n1. The molecule has 25 heavy (non-hydrogen) atoms. The molecule has 6 nitrogen and oxygen atoms in total. The minimum atomic E-state index is -1.36. The van der Waals surface area contributed by atoms with Gasteiger partial charge >= 0.3 is 5.16 Å². The Labute approximate surface area is 147 Å². The van der Waals surface area contributed by atoms with E-state index in [1.807, 2.05) is 24.3 Å². The van der Waals surface area contributed by atoms with Crippen molar-refractivity contribution in [3.05, 3.63) is 63.6 Å². The van der Waals surface area contributed by atoms with Gasteiger partial charge in [-0.2, -0.15) is 15.2 Å². The van der Waals surface area contributed by atoms with Gasteiger partial charge in [-0.15, -0.1) is 0 Å². The fourth-order valence-corrected chi connectivity index (χ4v) is 3.83. The zero-order chi connectivity index (χ0) is 17.6. The van der Waals surface area contributed by atoms with Gasteiger partial charge < -0.3 is 4.55 Å². The highest BCUT2D eigenvalue weighted by Gasteiger charge is 2.27. The maximum atomic E-state index is 12.9. The highest BCUT2D eigenvalue weighted by molar-refractivity contribution is 7.90. The van der Waals surface area contributed by atoms with Crippen LogP contribution in [-0.4, -0.2) is 25.3 Å². The lowest BCUT2D eigenvalue weighted by Gasteiger charge is -2.18. The topological polar surface area (TPSA) is 94.6 Å². The second-order valence-electron chi connectivity index (χ2n) is 5.98. The predicted molar refractivity (Wildman–Crippen MR) is 93.7 cm³/mol. The molecular weight excluding hydrogens is 336 g/mol. The van der Waals surface area contributed by atoms with Crippen LogP contribution in [0.1, 0.15) is 29.2 Å². The summed E-state index contributed by atoms with van der Waals surface area (Å²) in [7, 11) is 0. The molecule has 0 N–H and O–H groups in total. The summed E-state index contributed by atoms with van der Waals surface area (Å²) in [5.74, 6) is 0. The van der Waals surface area contributed by atoms with Crippen LogP contribution in [0, 0.1) is 11.3 Å². The van der Waals surface area contributed by atoms with Crippen LogP contribution < -0.4 is 5.56 Å². The molecule has 0 aliphatic heterocycles. The van der Waals surface area contributed by atoms with Crippen LogP contribution in [0.4, 0.5) is 0 Å². The van der Waals surface area contributed by atoms with E-state index >= 15 is 0 Å². The average Bonchev–Trinajstić information content (AvgIpc) is 3.04. The van der Waals surface area contributed by atoms with E-state index in [9.17, 15) is 14.6 Å². The van der Waals surface area contributed by atoms with Crippen LogP contribution in [0.5, 0.6) is 0 Å². The smallest absolute Gasteiger partial charge is 0.344 e. The molecule has 2 atom stereocenters. The van der Waals surface area contributed by atoms with Gasteiger partial charge in [0.25, 0.3) is 5.56 Å². The molecular formula is C18H14N4O2S. The molecule has 0 saturated heterocycles. The molecule has 0 amide bonds. The molecule has 124 valence electrons. The van der Waals surface area contributed by atoms with Crippen molar-refractivity contribution in [1.82, 2.24) is 14.5 Å². The Balaban J connectivity index is 2.05. The number of rotatable bonds is 2. The van der Waals surface area contributed by atoms with Crippen LogP contribution in [-0.2, 0) is 17.6 Å². The molecule has 1 aromatic carbocycles. The number of nitrogens with zero attached hydrogens (tertiary/aromatic N) is 4. The monoisotopic (exact) mass is 350 g/mol. The second-order valence-corrected chi connectivity index (χ2v) is 7.26. The lowest BCUT2D eigenvalue weighted by atomic mass is 10.1. The van der Waals surface area contributed by atoms with Crippen molar-refractivity contribution in [1.29, 1.82) is 5.26 Å². The van der Waals surface area contributed by atoms with Crippen LogP contribution in [0.2, 0.25) is 0 Å². The van der Waals surface area contributed by atoms with Gasteiger partial charge in [-0.25, -0.2) is 0 Å². The Bertz CT molecular complexity index is 1080. The van der Waals surface area contributed by atoms with Gasteiger partial charge in [-0.05, 0) is 30.0 Å². The summed E-state index contributed by atoms with van der Waals surface area (Å²) in [6.07, 6.45) is 4.65. The standard InChI is InChI=1S/C18H14N4O2S/c1-25(24)18-20-10-13-8-12(9-19)17(23)22(16(13)21-18)15-7-6-11-4-2-3-5-14(11)15/h2-5,8,10,15H,6-7H2,1H3. The Hall–Kier alpha value is -2.69. The zero-order valence-electron chi connectivity index (χ0n) is 13.5. The van der Waals surface area contributed by atoms with Gasteiger partial charge in [0.1, 0.15) is 17.9 Å². The fourth-order valence-electron chi connectivity index (χ4n) is 3.42. The fraction of sp³-hybridized carbons (Fsp3) is 0.222. The van der Waals surface area contributed by atoms with Crippen LogP contribution in [0.3, 0.4) is 0 Å². The highest BCUT2D eigenvalue weighted by atomic mass is 32.2. The maximum Gasteiger partial charge on any atom is 0.344 e. The molecule has 0 spiro atoms. The molecule has 0 bridgehead atoms. The number of nitriles is 1. The van der Waals surface area contributed by atoms with Gasteiger partial charge in [-0.1, -0.05) is 24.3 Å². The van der Waals surface area contributed by atoms with E-state index in [2.05, 4.69) is 16.0 Å². The van der Waals surface area contributed by atoms with E-state index in [4.69, 9.17) is 0 Å². The normalized spacial score (nSPS) is 17.2. The molecule has 4 rings (SSSR count). The summed E-state index contributed by atoms with van der Waals surface area (Å²) in [5, 5.41) is 10.1. The Morgan fingerprint density at radius 3 is 2.96 bits per heavy atom. The molecule has 3 aromatic rings. The Kier molecular flexibility index (Phi) is 3.79. The summed E-state index contributed by atoms with van der Waals surface area (Å²) in [6, 6.07) is 11.3. The molecule has 1 aliphatic rings. The summed E-state index contributed by atoms with van der Waals surface area (Å²) in [4.78, 5) is 21.4. The first kappa shape index (κ1) is 15.8. The highest BCUT2D eigenvalue weighted by Crippen LogP contribution is 2.34. The predicted octanol–water partition coefficient (Wildman–Crippen LogP) is 1.94. The Morgan fingerprint density at radius 1 is 1.40 bits per heavy atom. The van der Waals surface area contributed by atoms with Gasteiger partial charge in [0.2, 0.25) is 0 Å². The average molecular weight is 350 g/mol. The molecule has 2 aromatic heterocycles. The van der Waals surface area contributed by atoms with Crippen molar-refractivity contribution >= 4 is 22.2 Å². The molecule has 0 radical (unpaired) electrons. The Morgan fingerprint density at radius 2 is 2.20 bits per heavy atom. The van der Waals surface area contributed by atoms with E-state index in [0.29, 0.717) is 11.0 Å². The largest absolute Gasteiger partial charge is 0.609 e. The number of hydrogen-bond donors (Lipinski definition) is 0. The van der Waals surface area contributed by atoms with E-state index in [1.165, 1.54) is 24.1 Å². The summed E-state index contributed by atoms with van der Waals surface area (Å²) in [6.45, 7) is 0. The van der Waals surface area contributed by atoms with Crippen molar-refractivity contribution < 1.29 is 4.55 Å². The maximum absolute atomic E-state index is 12.9. The first-order valence-electron chi connectivity index (χ1n) is 7.84. The first-order chi connectivity index (χ1) is 12.1. The lowest BCUT2D eigenvalue weighted by Crippen LogP contribution is -2.28. The van der Waals surface area contributed by atoms with E-state index < -0.39 is 11.2 Å². The van der Waals surface area contributed by atoms with E-state index in [0.717, 1.165) is 18.4 Å². The third kappa shape index (κ3) is 2.51. The number of fused-ring (bicyclic) bond motifs is 2. The minimum absolute atomic E-state index is 0.0610. The van der Waals surface area contributed by atoms with Gasteiger partial charge in [0.15, 0.2) is 5.65 Å². The van der Waals surface area contributed by atoms with Crippen LogP contribution in [0.25, 0.3) is 11.0 Å². The number of aromatic nitrogens is 3. The molecule has 0 saturated carbocycles. The van der Waals surface area contributed by atoms with E-state index in [-0.39, 0.29) is 22.3 Å². The molecule has 2 unspecified atom stereocenters. The number of aryl methyl sites for hydroxylation is 1. The summed E-state index contributed by atoms with van der Waals surface area (Å²) in [5.41, 5.74) is 2.38. The van der Waals surface area contributed by atoms with E-state index in [1.54, 1.807) is 4.57 Å². The zero-order valence-corrected chi connectivity index (χ0v) is 14.3. The number of benzene rings is 1. The summed E-state index contributed by atoms with van der Waals surface area (Å²) < 4.78 is 13.3. The minimum Gasteiger partial charge on any atom is -0.609 e. The second kappa shape index (κ2) is 5.99. The van der Waals surface area contributed by atoms with Crippen molar-refractivity contribution in [3.8, 4) is 6.07 Å². The molecule has 0 fully saturated rings. The third-order valence-electron chi connectivity index (χ3n) is 4.54. The number of hydrogen-bond acceptors (Lipinski definition) is 5. The van der Waals surface area contributed by atoms with Gasteiger partial charge in [-0.3, -0.25) is 9.36 Å². The first-order valence-corrected chi connectivity index (χ1v) is 9.39. The third-order valence-corrected chi connectivity index (χ3v) is 5.25. The molecule has 1 aliphatic carbocycles. The summed E-state index contributed by atoms with van der Waals surface area (Å²) >= 11 is -1.36. The van der Waals surface area contributed by atoms with Gasteiger partial charge in [0.05, 0.1) is 6.04 Å². The van der Waals surface area contributed by atoms with Crippen molar-refractivity contribution in [2.75, 3.05) is 6.26 Å². The van der Waals surface area contributed by atoms with Crippen molar-refractivity contribution in [2.24, 2.45) is 0 Å². The molecule has 7 heteroatoms.